The van der Waals surface area contributed by atoms with E-state index in [2.05, 4.69) is 17.0 Å². The summed E-state index contributed by atoms with van der Waals surface area (Å²) in [6.07, 6.45) is 5.23. The number of halogens is 1. The maximum atomic E-state index is 10.9. The van der Waals surface area contributed by atoms with E-state index in [1.165, 1.54) is 24.0 Å². The molecule has 1 N–H and O–H groups in total. The van der Waals surface area contributed by atoms with E-state index in [-0.39, 0.29) is 12.4 Å². The summed E-state index contributed by atoms with van der Waals surface area (Å²) in [5.74, 6) is 3.19. The molecule has 0 heterocycles. The highest BCUT2D eigenvalue weighted by atomic mass is 35.5. The van der Waals surface area contributed by atoms with Crippen molar-refractivity contribution in [3.63, 3.8) is 0 Å². The van der Waals surface area contributed by atoms with Gasteiger partial charge in [0.15, 0.2) is 11.5 Å². The van der Waals surface area contributed by atoms with Gasteiger partial charge in [0.1, 0.15) is 5.75 Å². The van der Waals surface area contributed by atoms with Crippen LogP contribution in [0.2, 0.25) is 0 Å². The maximum absolute atomic E-state index is 10.9. The molecule has 0 amide bonds. The van der Waals surface area contributed by atoms with Gasteiger partial charge in [0.25, 0.3) is 0 Å². The molecule has 1 saturated carbocycles. The Kier molecular flexibility index (Phi) is 8.09. The highest BCUT2D eigenvalue weighted by Crippen LogP contribution is 2.37. The van der Waals surface area contributed by atoms with Gasteiger partial charge in [0, 0.05) is 19.1 Å². The molecular formula is C25H34ClNO4. The number of fused-ring (bicyclic) bond motifs is 1. The zero-order chi connectivity index (χ0) is 21.1. The fourth-order valence-electron chi connectivity index (χ4n) is 4.53. The van der Waals surface area contributed by atoms with E-state index in [1.54, 1.807) is 21.3 Å². The number of aliphatic hydroxyl groups is 1. The van der Waals surface area contributed by atoms with Crippen LogP contribution in [0.25, 0.3) is 0 Å². The van der Waals surface area contributed by atoms with Gasteiger partial charge in [-0.05, 0) is 79.0 Å². The van der Waals surface area contributed by atoms with Crippen molar-refractivity contribution in [1.82, 2.24) is 4.90 Å². The minimum Gasteiger partial charge on any atom is -0.497 e. The van der Waals surface area contributed by atoms with Crippen molar-refractivity contribution in [2.24, 2.45) is 5.92 Å². The SMILES string of the molecule is COc1ccc(C(O)CN(CC2CC2)C2CCc3cc(OC)c(OC)cc3C2)cc1.Cl. The maximum Gasteiger partial charge on any atom is 0.161 e. The lowest BCUT2D eigenvalue weighted by Crippen LogP contribution is -2.42. The minimum atomic E-state index is -0.499. The molecule has 2 aromatic rings. The van der Waals surface area contributed by atoms with Gasteiger partial charge in [-0.1, -0.05) is 12.1 Å². The van der Waals surface area contributed by atoms with Gasteiger partial charge in [-0.15, -0.1) is 12.4 Å². The van der Waals surface area contributed by atoms with Crippen molar-refractivity contribution in [2.75, 3.05) is 34.4 Å². The van der Waals surface area contributed by atoms with Gasteiger partial charge < -0.3 is 19.3 Å². The Hall–Kier alpha value is -1.95. The third kappa shape index (κ3) is 5.65. The molecule has 5 nitrogen and oxygen atoms in total. The highest BCUT2D eigenvalue weighted by Gasteiger charge is 2.32. The first-order valence-corrected chi connectivity index (χ1v) is 10.9. The number of benzene rings is 2. The smallest absolute Gasteiger partial charge is 0.161 e. The van der Waals surface area contributed by atoms with Crippen LogP contribution in [0.5, 0.6) is 17.2 Å². The number of rotatable bonds is 9. The number of methoxy groups -OCH3 is 3. The van der Waals surface area contributed by atoms with Crippen LogP contribution in [0.3, 0.4) is 0 Å². The summed E-state index contributed by atoms with van der Waals surface area (Å²) in [7, 11) is 5.04. The summed E-state index contributed by atoms with van der Waals surface area (Å²) in [5.41, 5.74) is 3.63. The lowest BCUT2D eigenvalue weighted by atomic mass is 9.86. The molecular weight excluding hydrogens is 414 g/mol. The lowest BCUT2D eigenvalue weighted by molar-refractivity contribution is 0.0777. The number of aryl methyl sites for hydroxylation is 1. The standard InChI is InChI=1S/C25H33NO4.ClH/c1-28-22-10-7-18(8-11-22)23(27)16-26(15-17-4-5-17)21-9-6-19-13-24(29-2)25(30-3)14-20(19)12-21;/h7-8,10-11,13-14,17,21,23,27H,4-6,9,12,15-16H2,1-3H3;1H. The summed E-state index contributed by atoms with van der Waals surface area (Å²) in [5, 5.41) is 10.9. The van der Waals surface area contributed by atoms with E-state index in [1.807, 2.05) is 24.3 Å². The van der Waals surface area contributed by atoms with Gasteiger partial charge in [-0.2, -0.15) is 0 Å². The van der Waals surface area contributed by atoms with E-state index in [9.17, 15) is 5.11 Å². The van der Waals surface area contributed by atoms with Crippen LogP contribution in [0.15, 0.2) is 36.4 Å². The molecule has 170 valence electrons. The Balaban J connectivity index is 0.00000272. The molecule has 0 bridgehead atoms. The summed E-state index contributed by atoms with van der Waals surface area (Å²) < 4.78 is 16.2. The van der Waals surface area contributed by atoms with Gasteiger partial charge in [0.05, 0.1) is 27.4 Å². The van der Waals surface area contributed by atoms with Gasteiger partial charge in [-0.25, -0.2) is 0 Å². The minimum absolute atomic E-state index is 0. The first kappa shape index (κ1) is 23.7. The van der Waals surface area contributed by atoms with Crippen LogP contribution in [-0.2, 0) is 12.8 Å². The largest absolute Gasteiger partial charge is 0.497 e. The van der Waals surface area contributed by atoms with Crippen LogP contribution >= 0.6 is 12.4 Å². The Labute approximate surface area is 191 Å². The molecule has 2 aliphatic rings. The summed E-state index contributed by atoms with van der Waals surface area (Å²) in [6.45, 7) is 1.73. The summed E-state index contributed by atoms with van der Waals surface area (Å²) in [6, 6.07) is 12.5. The zero-order valence-electron chi connectivity index (χ0n) is 18.7. The van der Waals surface area contributed by atoms with Crippen LogP contribution < -0.4 is 14.2 Å². The molecule has 2 aromatic carbocycles. The molecule has 0 aromatic heterocycles. The Morgan fingerprint density at radius 1 is 0.935 bits per heavy atom. The number of nitrogens with zero attached hydrogens (tertiary/aromatic N) is 1. The average Bonchev–Trinajstić information content (AvgIpc) is 3.61. The molecule has 31 heavy (non-hydrogen) atoms. The van der Waals surface area contributed by atoms with Crippen LogP contribution in [0.1, 0.15) is 42.1 Å². The first-order valence-electron chi connectivity index (χ1n) is 10.9. The van der Waals surface area contributed by atoms with E-state index in [4.69, 9.17) is 14.2 Å². The average molecular weight is 448 g/mol. The normalized spacial score (nSPS) is 18.7. The molecule has 0 spiro atoms. The second-order valence-corrected chi connectivity index (χ2v) is 8.56. The fraction of sp³-hybridized carbons (Fsp3) is 0.520. The topological polar surface area (TPSA) is 51.2 Å². The third-order valence-electron chi connectivity index (χ3n) is 6.52. The zero-order valence-corrected chi connectivity index (χ0v) is 19.5. The van der Waals surface area contributed by atoms with Crippen molar-refractivity contribution < 1.29 is 19.3 Å². The Morgan fingerprint density at radius 2 is 1.58 bits per heavy atom. The molecule has 0 aliphatic heterocycles. The van der Waals surface area contributed by atoms with Crippen molar-refractivity contribution in [3.05, 3.63) is 53.1 Å². The van der Waals surface area contributed by atoms with Gasteiger partial charge in [-0.3, -0.25) is 4.90 Å². The summed E-state index contributed by atoms with van der Waals surface area (Å²) in [4.78, 5) is 2.52. The fourth-order valence-corrected chi connectivity index (χ4v) is 4.53. The van der Waals surface area contributed by atoms with E-state index >= 15 is 0 Å². The third-order valence-corrected chi connectivity index (χ3v) is 6.52. The molecule has 2 unspecified atom stereocenters. The quantitative estimate of drug-likeness (QED) is 0.616. The number of hydrogen-bond acceptors (Lipinski definition) is 5. The number of hydrogen-bond donors (Lipinski definition) is 1. The van der Waals surface area contributed by atoms with Crippen LogP contribution in [0.4, 0.5) is 0 Å². The predicted molar refractivity (Wildman–Crippen MR) is 125 cm³/mol. The highest BCUT2D eigenvalue weighted by molar-refractivity contribution is 5.85. The number of ether oxygens (including phenoxy) is 3. The van der Waals surface area contributed by atoms with E-state index in [0.29, 0.717) is 12.6 Å². The molecule has 4 rings (SSSR count). The van der Waals surface area contributed by atoms with Crippen LogP contribution in [0, 0.1) is 5.92 Å². The molecule has 2 aliphatic carbocycles. The second kappa shape index (κ2) is 10.6. The monoisotopic (exact) mass is 447 g/mol. The lowest BCUT2D eigenvalue weighted by Gasteiger charge is -2.37. The first-order chi connectivity index (χ1) is 14.6. The van der Waals surface area contributed by atoms with E-state index in [0.717, 1.165) is 54.5 Å². The molecule has 1 fully saturated rings. The molecule has 0 radical (unpaired) electrons. The molecule has 0 saturated heterocycles. The Bertz CT molecular complexity index is 853. The van der Waals surface area contributed by atoms with Crippen molar-refractivity contribution >= 4 is 12.4 Å². The van der Waals surface area contributed by atoms with Crippen LogP contribution in [-0.4, -0.2) is 50.5 Å². The number of aliphatic hydroxyl groups excluding tert-OH is 1. The van der Waals surface area contributed by atoms with Crippen molar-refractivity contribution in [2.45, 2.75) is 44.2 Å². The Morgan fingerprint density at radius 3 is 2.16 bits per heavy atom. The van der Waals surface area contributed by atoms with Gasteiger partial charge in [0.2, 0.25) is 0 Å². The van der Waals surface area contributed by atoms with Crippen molar-refractivity contribution in [3.8, 4) is 17.2 Å². The molecule has 2 atom stereocenters. The summed E-state index contributed by atoms with van der Waals surface area (Å²) >= 11 is 0. The van der Waals surface area contributed by atoms with E-state index < -0.39 is 6.10 Å². The van der Waals surface area contributed by atoms with Crippen molar-refractivity contribution in [1.29, 1.82) is 0 Å². The molecule has 6 heteroatoms. The van der Waals surface area contributed by atoms with Gasteiger partial charge >= 0.3 is 0 Å². The predicted octanol–water partition coefficient (Wildman–Crippen LogP) is 4.44. The second-order valence-electron chi connectivity index (χ2n) is 8.56.